The van der Waals surface area contributed by atoms with E-state index in [-0.39, 0.29) is 5.41 Å². The summed E-state index contributed by atoms with van der Waals surface area (Å²) in [4.78, 5) is 5.12. The van der Waals surface area contributed by atoms with Gasteiger partial charge in [-0.05, 0) is 145 Å². The van der Waals surface area contributed by atoms with Gasteiger partial charge in [0.05, 0.1) is 6.04 Å². The normalized spacial score (nSPS) is 19.1. The van der Waals surface area contributed by atoms with E-state index >= 15 is 0 Å². The monoisotopic (exact) mass is 810 g/mol. The maximum absolute atomic E-state index is 2.69. The van der Waals surface area contributed by atoms with Crippen molar-refractivity contribution in [1.29, 1.82) is 0 Å². The van der Waals surface area contributed by atoms with Gasteiger partial charge in [0.1, 0.15) is 0 Å². The Morgan fingerprint density at radius 2 is 1.21 bits per heavy atom. The summed E-state index contributed by atoms with van der Waals surface area (Å²) in [5.41, 5.74) is 19.0. The molecule has 3 aliphatic carbocycles. The molecule has 2 heterocycles. The van der Waals surface area contributed by atoms with Gasteiger partial charge >= 0.3 is 0 Å². The standard InChI is InChI=1S/C61H50N2/c1-6-18-58-43(12-1)15-11-35-62(58)49-29-32-55-54-30-22-41(36-56(54)61(57(55)40-49)33-9-10-34-61)21-23-42-27-31-52(53-17-5-4-16-51(42)53)46-25-24-45-39-50(28-26-44(45)37-46)63-59-19-7-2-13-47(59)38-48-14-3-8-20-60(48)63/h1-8,12-14,16-32,36-37,39-40,43,58H,9-11,15,33-35,38H2/b23-21+. The minimum atomic E-state index is 0.113. The van der Waals surface area contributed by atoms with Crippen molar-refractivity contribution < 1.29 is 0 Å². The van der Waals surface area contributed by atoms with Crippen LogP contribution in [0.5, 0.6) is 0 Å². The van der Waals surface area contributed by atoms with E-state index in [1.54, 1.807) is 11.1 Å². The first-order valence-electron chi connectivity index (χ1n) is 23.3. The van der Waals surface area contributed by atoms with Gasteiger partial charge in [0.15, 0.2) is 0 Å². The topological polar surface area (TPSA) is 6.48 Å². The van der Waals surface area contributed by atoms with Gasteiger partial charge in [-0.2, -0.15) is 0 Å². The summed E-state index contributed by atoms with van der Waals surface area (Å²) in [6, 6.07) is 60.4. The van der Waals surface area contributed by atoms with Crippen LogP contribution in [0, 0.1) is 5.92 Å². The van der Waals surface area contributed by atoms with Crippen LogP contribution in [0.25, 0.3) is 56.0 Å². The largest absolute Gasteiger partial charge is 0.364 e. The smallest absolute Gasteiger partial charge is 0.0538 e. The fraction of sp³-hybridized carbons (Fsp3) is 0.180. The van der Waals surface area contributed by atoms with Crippen molar-refractivity contribution in [3.8, 4) is 22.3 Å². The fourth-order valence-corrected chi connectivity index (χ4v) is 12.3. The first-order chi connectivity index (χ1) is 31.2. The average Bonchev–Trinajstić information content (AvgIpc) is 3.95. The molecule has 2 heteroatoms. The minimum Gasteiger partial charge on any atom is -0.364 e. The van der Waals surface area contributed by atoms with Crippen LogP contribution in [0.15, 0.2) is 182 Å². The molecule has 8 aromatic carbocycles. The lowest BCUT2D eigenvalue weighted by molar-refractivity contribution is 0.421. The van der Waals surface area contributed by atoms with E-state index in [1.807, 2.05) is 0 Å². The van der Waals surface area contributed by atoms with Gasteiger partial charge in [-0.1, -0.05) is 165 Å². The number of hydrogen-bond donors (Lipinski definition) is 0. The summed E-state index contributed by atoms with van der Waals surface area (Å²) < 4.78 is 0. The van der Waals surface area contributed by atoms with E-state index in [9.17, 15) is 0 Å². The van der Waals surface area contributed by atoms with Crippen molar-refractivity contribution in [3.63, 3.8) is 0 Å². The molecule has 13 rings (SSSR count). The highest BCUT2D eigenvalue weighted by molar-refractivity contribution is 6.04. The van der Waals surface area contributed by atoms with Gasteiger partial charge in [0.2, 0.25) is 0 Å². The lowest BCUT2D eigenvalue weighted by Gasteiger charge is -2.42. The molecule has 63 heavy (non-hydrogen) atoms. The van der Waals surface area contributed by atoms with Gasteiger partial charge in [-0.15, -0.1) is 0 Å². The predicted octanol–water partition coefficient (Wildman–Crippen LogP) is 15.8. The number of anilines is 4. The summed E-state index contributed by atoms with van der Waals surface area (Å²) in [6.07, 6.45) is 22.6. The molecule has 0 bridgehead atoms. The van der Waals surface area contributed by atoms with Crippen molar-refractivity contribution in [3.05, 3.63) is 215 Å². The van der Waals surface area contributed by atoms with Crippen molar-refractivity contribution in [2.45, 2.75) is 56.4 Å². The highest BCUT2D eigenvalue weighted by atomic mass is 15.2. The second-order valence-electron chi connectivity index (χ2n) is 18.7. The molecule has 2 fully saturated rings. The molecule has 2 unspecified atom stereocenters. The molecule has 0 aromatic heterocycles. The summed E-state index contributed by atoms with van der Waals surface area (Å²) in [5, 5.41) is 5.05. The van der Waals surface area contributed by atoms with Crippen molar-refractivity contribution in [2.24, 2.45) is 5.92 Å². The van der Waals surface area contributed by atoms with E-state index in [2.05, 4.69) is 204 Å². The first-order valence-corrected chi connectivity index (χ1v) is 23.3. The van der Waals surface area contributed by atoms with E-state index < -0.39 is 0 Å². The first kappa shape index (κ1) is 36.7. The van der Waals surface area contributed by atoms with Crippen molar-refractivity contribution in [1.82, 2.24) is 0 Å². The average molecular weight is 811 g/mol. The van der Waals surface area contributed by atoms with Crippen LogP contribution in [-0.4, -0.2) is 12.6 Å². The molecule has 0 radical (unpaired) electrons. The zero-order chi connectivity index (χ0) is 41.5. The summed E-state index contributed by atoms with van der Waals surface area (Å²) >= 11 is 0. The number of benzene rings is 8. The minimum absolute atomic E-state index is 0.113. The zero-order valence-electron chi connectivity index (χ0n) is 35.7. The molecule has 304 valence electrons. The number of piperidine rings is 1. The third-order valence-electron chi connectivity index (χ3n) is 15.3. The quantitative estimate of drug-likeness (QED) is 0.160. The lowest BCUT2D eigenvalue weighted by Crippen LogP contribution is -2.44. The third-order valence-corrected chi connectivity index (χ3v) is 15.3. The third kappa shape index (κ3) is 5.91. The molecule has 1 saturated carbocycles. The predicted molar refractivity (Wildman–Crippen MR) is 267 cm³/mol. The molecule has 5 aliphatic rings. The lowest BCUT2D eigenvalue weighted by atomic mass is 9.76. The molecule has 1 saturated heterocycles. The number of para-hydroxylation sites is 2. The Kier molecular flexibility index (Phi) is 8.51. The van der Waals surface area contributed by atoms with Gasteiger partial charge in [-0.25, -0.2) is 0 Å². The van der Waals surface area contributed by atoms with Crippen LogP contribution >= 0.6 is 0 Å². The highest BCUT2D eigenvalue weighted by Gasteiger charge is 2.45. The number of hydrogen-bond acceptors (Lipinski definition) is 2. The molecule has 2 aliphatic heterocycles. The molecular formula is C61H50N2. The van der Waals surface area contributed by atoms with Gasteiger partial charge < -0.3 is 9.80 Å². The number of nitrogens with zero attached hydrogens (tertiary/aromatic N) is 2. The van der Waals surface area contributed by atoms with Crippen LogP contribution in [0.3, 0.4) is 0 Å². The Labute approximate surface area is 371 Å². The maximum atomic E-state index is 2.69. The molecule has 2 nitrogen and oxygen atoms in total. The Balaban J connectivity index is 0.809. The Bertz CT molecular complexity index is 3180. The van der Waals surface area contributed by atoms with Crippen LogP contribution in [-0.2, 0) is 11.8 Å². The van der Waals surface area contributed by atoms with Crippen molar-refractivity contribution in [2.75, 3.05) is 16.3 Å². The van der Waals surface area contributed by atoms with E-state index in [4.69, 9.17) is 0 Å². The Morgan fingerprint density at radius 1 is 0.524 bits per heavy atom. The summed E-state index contributed by atoms with van der Waals surface area (Å²) in [7, 11) is 0. The maximum Gasteiger partial charge on any atom is 0.0538 e. The second-order valence-corrected chi connectivity index (χ2v) is 18.7. The Morgan fingerprint density at radius 3 is 2.05 bits per heavy atom. The number of allylic oxidation sites excluding steroid dienone is 2. The van der Waals surface area contributed by atoms with Crippen LogP contribution in [0.1, 0.15) is 71.9 Å². The number of rotatable bonds is 5. The van der Waals surface area contributed by atoms with Crippen LogP contribution in [0.4, 0.5) is 22.7 Å². The molecule has 1 spiro atoms. The van der Waals surface area contributed by atoms with Crippen LogP contribution < -0.4 is 9.80 Å². The van der Waals surface area contributed by atoms with Crippen LogP contribution in [0.2, 0.25) is 0 Å². The number of fused-ring (bicyclic) bond motifs is 10. The summed E-state index contributed by atoms with van der Waals surface area (Å²) in [5.74, 6) is 0.620. The summed E-state index contributed by atoms with van der Waals surface area (Å²) in [6.45, 7) is 1.14. The Hall–Kier alpha value is -6.90. The van der Waals surface area contributed by atoms with Gasteiger partial charge in [0.25, 0.3) is 0 Å². The SMILES string of the molecule is C1=CC2CCCN(c3ccc4c(c3)C3(CCCC3)c3cc(/C=C/c5ccc(-c6ccc7cc(N8c9ccccc9Cc9ccccc98)ccc7c6)c6ccccc56)ccc3-4)C2C=C1. The van der Waals surface area contributed by atoms with Gasteiger partial charge in [0, 0.05) is 47.0 Å². The molecule has 0 amide bonds. The van der Waals surface area contributed by atoms with Crippen molar-refractivity contribution >= 4 is 56.4 Å². The molecular weight excluding hydrogens is 761 g/mol. The van der Waals surface area contributed by atoms with E-state index in [0.29, 0.717) is 12.0 Å². The highest BCUT2D eigenvalue weighted by Crippen LogP contribution is 2.58. The zero-order valence-corrected chi connectivity index (χ0v) is 35.7. The van der Waals surface area contributed by atoms with Gasteiger partial charge in [-0.3, -0.25) is 0 Å². The molecule has 0 N–H and O–H groups in total. The second kappa shape index (κ2) is 14.6. The molecule has 8 aromatic rings. The molecule has 2 atom stereocenters. The fourth-order valence-electron chi connectivity index (χ4n) is 12.3. The van der Waals surface area contributed by atoms with E-state index in [1.165, 1.54) is 127 Å². The van der Waals surface area contributed by atoms with E-state index in [0.717, 1.165) is 13.0 Å².